The lowest BCUT2D eigenvalue weighted by atomic mass is 10.2. The van der Waals surface area contributed by atoms with Crippen molar-refractivity contribution in [3.05, 3.63) is 47.1 Å². The molecule has 0 saturated carbocycles. The Hall–Kier alpha value is -2.47. The maximum atomic E-state index is 11.7. The second kappa shape index (κ2) is 6.20. The molecule has 1 aliphatic heterocycles. The average Bonchev–Trinajstić information content (AvgIpc) is 3.17. The predicted octanol–water partition coefficient (Wildman–Crippen LogP) is 3.87. The molecule has 0 atom stereocenters. The summed E-state index contributed by atoms with van der Waals surface area (Å²) >= 11 is 1.63. The van der Waals surface area contributed by atoms with Gasteiger partial charge in [0.2, 0.25) is 5.91 Å². The van der Waals surface area contributed by atoms with E-state index in [1.54, 1.807) is 17.7 Å². The third-order valence-electron chi connectivity index (χ3n) is 4.32. The monoisotopic (exact) mass is 338 g/mol. The first-order valence-electron chi connectivity index (χ1n) is 8.03. The number of nitrogens with zero attached hydrogens (tertiary/aromatic N) is 3. The Balaban J connectivity index is 1.52. The highest BCUT2D eigenvalue weighted by Gasteiger charge is 2.19. The van der Waals surface area contributed by atoms with Crippen LogP contribution in [0.15, 0.2) is 36.0 Å². The fourth-order valence-electron chi connectivity index (χ4n) is 3.03. The Bertz CT molecular complexity index is 888. The van der Waals surface area contributed by atoms with Crippen molar-refractivity contribution in [1.82, 2.24) is 14.9 Å². The van der Waals surface area contributed by atoms with Gasteiger partial charge in [-0.25, -0.2) is 9.97 Å². The topological polar surface area (TPSA) is 58.1 Å². The molecule has 3 heterocycles. The summed E-state index contributed by atoms with van der Waals surface area (Å²) in [6, 6.07) is 8.19. The highest BCUT2D eigenvalue weighted by Crippen LogP contribution is 2.30. The van der Waals surface area contributed by atoms with Crippen LogP contribution in [0.5, 0.6) is 0 Å². The van der Waals surface area contributed by atoms with Crippen molar-refractivity contribution in [2.75, 3.05) is 11.9 Å². The zero-order chi connectivity index (χ0) is 16.5. The summed E-state index contributed by atoms with van der Waals surface area (Å²) in [7, 11) is 0. The lowest BCUT2D eigenvalue weighted by molar-refractivity contribution is -0.128. The number of nitrogens with one attached hydrogen (secondary N) is 1. The number of aryl methyl sites for hydroxylation is 1. The second-order valence-corrected chi connectivity index (χ2v) is 6.92. The number of hydrogen-bond acceptors (Lipinski definition) is 5. The van der Waals surface area contributed by atoms with Gasteiger partial charge in [0.15, 0.2) is 0 Å². The van der Waals surface area contributed by atoms with Crippen LogP contribution in [0.2, 0.25) is 0 Å². The van der Waals surface area contributed by atoms with Gasteiger partial charge in [0.05, 0.1) is 5.39 Å². The molecule has 1 amide bonds. The lowest BCUT2D eigenvalue weighted by Crippen LogP contribution is -2.23. The molecular weight excluding hydrogens is 320 g/mol. The molecule has 0 aliphatic carbocycles. The largest absolute Gasteiger partial charge is 0.340 e. The smallest absolute Gasteiger partial charge is 0.222 e. The molecule has 1 aliphatic rings. The Labute approximate surface area is 144 Å². The van der Waals surface area contributed by atoms with Crippen molar-refractivity contribution < 1.29 is 4.79 Å². The van der Waals surface area contributed by atoms with E-state index >= 15 is 0 Å². The first-order valence-corrected chi connectivity index (χ1v) is 8.91. The first-order chi connectivity index (χ1) is 11.7. The molecule has 0 unspecified atom stereocenters. The number of hydrogen-bond donors (Lipinski definition) is 1. The van der Waals surface area contributed by atoms with Gasteiger partial charge < -0.3 is 10.2 Å². The Morgan fingerprint density at radius 3 is 2.83 bits per heavy atom. The molecule has 0 radical (unpaired) electrons. The molecule has 24 heavy (non-hydrogen) atoms. The number of likely N-dealkylation sites (tertiary alicyclic amines) is 1. The summed E-state index contributed by atoms with van der Waals surface area (Å²) in [5.41, 5.74) is 3.31. The summed E-state index contributed by atoms with van der Waals surface area (Å²) in [5.74, 6) is 1.09. The molecule has 1 N–H and O–H groups in total. The van der Waals surface area contributed by atoms with E-state index in [1.165, 1.54) is 5.56 Å². The number of anilines is 2. The average molecular weight is 338 g/mol. The lowest BCUT2D eigenvalue weighted by Gasteiger charge is -2.15. The minimum atomic E-state index is 0.258. The van der Waals surface area contributed by atoms with E-state index in [-0.39, 0.29) is 5.91 Å². The minimum absolute atomic E-state index is 0.258. The van der Waals surface area contributed by atoms with Crippen LogP contribution < -0.4 is 5.32 Å². The van der Waals surface area contributed by atoms with Crippen LogP contribution in [-0.2, 0) is 11.3 Å². The van der Waals surface area contributed by atoms with Gasteiger partial charge in [-0.3, -0.25) is 4.79 Å². The number of aromatic nitrogens is 2. The van der Waals surface area contributed by atoms with Crippen molar-refractivity contribution in [3.8, 4) is 0 Å². The predicted molar refractivity (Wildman–Crippen MR) is 96.5 cm³/mol. The fourth-order valence-corrected chi connectivity index (χ4v) is 3.92. The molecule has 3 aromatic rings. The van der Waals surface area contributed by atoms with Gasteiger partial charge in [0.1, 0.15) is 17.0 Å². The van der Waals surface area contributed by atoms with E-state index in [0.717, 1.165) is 40.3 Å². The van der Waals surface area contributed by atoms with Crippen molar-refractivity contribution in [1.29, 1.82) is 0 Å². The number of benzene rings is 1. The molecule has 2 aromatic heterocycles. The van der Waals surface area contributed by atoms with Crippen molar-refractivity contribution >= 4 is 39.0 Å². The van der Waals surface area contributed by atoms with Crippen LogP contribution >= 0.6 is 11.3 Å². The summed E-state index contributed by atoms with van der Waals surface area (Å²) in [6.07, 6.45) is 3.25. The van der Waals surface area contributed by atoms with Crippen LogP contribution in [0.25, 0.3) is 10.2 Å². The molecule has 1 saturated heterocycles. The van der Waals surface area contributed by atoms with Gasteiger partial charge in [-0.15, -0.1) is 11.3 Å². The van der Waals surface area contributed by atoms with Gasteiger partial charge in [0.25, 0.3) is 0 Å². The number of fused-ring (bicyclic) bond motifs is 1. The molecule has 5 nitrogen and oxygen atoms in total. The van der Waals surface area contributed by atoms with Crippen LogP contribution in [0.4, 0.5) is 11.5 Å². The fraction of sp³-hybridized carbons (Fsp3) is 0.278. The molecule has 1 aromatic carbocycles. The number of thiophene rings is 1. The molecule has 6 heteroatoms. The third kappa shape index (κ3) is 2.85. The zero-order valence-electron chi connectivity index (χ0n) is 13.5. The number of carbonyl (C=O) groups excluding carboxylic acids is 1. The van der Waals surface area contributed by atoms with Gasteiger partial charge in [-0.2, -0.15) is 0 Å². The normalized spacial score (nSPS) is 14.5. The SMILES string of the molecule is Cc1csc2ncnc(Nc3ccc(CN4CCCC4=O)cc3)c12. The molecule has 0 bridgehead atoms. The van der Waals surface area contributed by atoms with E-state index < -0.39 is 0 Å². The summed E-state index contributed by atoms with van der Waals surface area (Å²) in [6.45, 7) is 3.64. The van der Waals surface area contributed by atoms with Gasteiger partial charge in [-0.05, 0) is 42.0 Å². The highest BCUT2D eigenvalue weighted by molar-refractivity contribution is 7.17. The van der Waals surface area contributed by atoms with Crippen molar-refractivity contribution in [3.63, 3.8) is 0 Å². The van der Waals surface area contributed by atoms with Crippen molar-refractivity contribution in [2.45, 2.75) is 26.3 Å². The third-order valence-corrected chi connectivity index (χ3v) is 5.32. The van der Waals surface area contributed by atoms with E-state index in [2.05, 4.69) is 39.7 Å². The number of amides is 1. The summed E-state index contributed by atoms with van der Waals surface area (Å²) in [4.78, 5) is 23.3. The second-order valence-electron chi connectivity index (χ2n) is 6.06. The summed E-state index contributed by atoms with van der Waals surface area (Å²) in [5, 5.41) is 6.55. The maximum Gasteiger partial charge on any atom is 0.222 e. The Kier molecular flexibility index (Phi) is 3.90. The van der Waals surface area contributed by atoms with Gasteiger partial charge in [-0.1, -0.05) is 12.1 Å². The van der Waals surface area contributed by atoms with Crippen LogP contribution in [0.1, 0.15) is 24.0 Å². The van der Waals surface area contributed by atoms with E-state index in [9.17, 15) is 4.79 Å². The van der Waals surface area contributed by atoms with E-state index in [4.69, 9.17) is 0 Å². The van der Waals surface area contributed by atoms with Crippen molar-refractivity contribution in [2.24, 2.45) is 0 Å². The molecule has 0 spiro atoms. The molecule has 122 valence electrons. The maximum absolute atomic E-state index is 11.7. The van der Waals surface area contributed by atoms with E-state index in [0.29, 0.717) is 13.0 Å². The van der Waals surface area contributed by atoms with Crippen LogP contribution in [0.3, 0.4) is 0 Å². The number of rotatable bonds is 4. The van der Waals surface area contributed by atoms with Crippen LogP contribution in [-0.4, -0.2) is 27.3 Å². The standard InChI is InChI=1S/C18H18N4OS/c1-12-10-24-18-16(12)17(19-11-20-18)21-14-6-4-13(5-7-14)9-22-8-2-3-15(22)23/h4-7,10-11H,2-3,8-9H2,1H3,(H,19,20,21). The zero-order valence-corrected chi connectivity index (χ0v) is 14.3. The Morgan fingerprint density at radius 1 is 1.25 bits per heavy atom. The quantitative estimate of drug-likeness (QED) is 0.784. The number of carbonyl (C=O) groups is 1. The first kappa shape index (κ1) is 15.1. The minimum Gasteiger partial charge on any atom is -0.340 e. The molecular formula is C18H18N4OS. The Morgan fingerprint density at radius 2 is 2.08 bits per heavy atom. The van der Waals surface area contributed by atoms with Crippen LogP contribution in [0, 0.1) is 6.92 Å². The molecule has 4 rings (SSSR count). The highest BCUT2D eigenvalue weighted by atomic mass is 32.1. The van der Waals surface area contributed by atoms with Gasteiger partial charge in [0, 0.05) is 25.2 Å². The summed E-state index contributed by atoms with van der Waals surface area (Å²) < 4.78 is 0. The van der Waals surface area contributed by atoms with E-state index in [1.807, 2.05) is 17.0 Å². The van der Waals surface area contributed by atoms with Gasteiger partial charge >= 0.3 is 0 Å². The molecule has 1 fully saturated rings.